The molecule has 2 N–H and O–H groups in total. The maximum Gasteiger partial charge on any atom is 0.433 e. The fraction of sp³-hybridized carbons (Fsp3) is 0.0909. The second kappa shape index (κ2) is 9.21. The third-order valence-corrected chi connectivity index (χ3v) is 4.73. The molecule has 178 valence electrons. The molecule has 0 saturated carbocycles. The van der Waals surface area contributed by atoms with Crippen LogP contribution >= 0.6 is 0 Å². The third kappa shape index (κ3) is 5.24. The number of hydrogen-bond acceptors (Lipinski definition) is 6. The van der Waals surface area contributed by atoms with E-state index in [1.807, 2.05) is 0 Å². The van der Waals surface area contributed by atoms with E-state index < -0.39 is 35.9 Å². The SMILES string of the molecule is O=C(O)Cn1cc(C(=O)Nc2ccc(-n3nc(-c4cccnc4)cc3C(F)(F)F)nc2)ccc1=O. The second-order valence-electron chi connectivity index (χ2n) is 7.20. The summed E-state index contributed by atoms with van der Waals surface area (Å²) in [5.41, 5.74) is -1.03. The summed E-state index contributed by atoms with van der Waals surface area (Å²) in [6.07, 6.45) is 0.402. The molecular formula is C22H15F3N6O4. The molecule has 4 heterocycles. The third-order valence-electron chi connectivity index (χ3n) is 4.73. The van der Waals surface area contributed by atoms with Crippen LogP contribution in [-0.2, 0) is 17.5 Å². The summed E-state index contributed by atoms with van der Waals surface area (Å²) < 4.78 is 42.4. The van der Waals surface area contributed by atoms with Crippen molar-refractivity contribution in [3.05, 3.63) is 88.9 Å². The van der Waals surface area contributed by atoms with Gasteiger partial charge in [-0.1, -0.05) is 0 Å². The molecule has 4 aromatic heterocycles. The van der Waals surface area contributed by atoms with Crippen molar-refractivity contribution in [2.24, 2.45) is 0 Å². The maximum atomic E-state index is 13.6. The van der Waals surface area contributed by atoms with Crippen molar-refractivity contribution >= 4 is 17.6 Å². The largest absolute Gasteiger partial charge is 0.480 e. The quantitative estimate of drug-likeness (QED) is 0.430. The van der Waals surface area contributed by atoms with E-state index in [0.717, 1.165) is 29.1 Å². The van der Waals surface area contributed by atoms with Gasteiger partial charge in [-0.2, -0.15) is 18.3 Å². The van der Waals surface area contributed by atoms with Gasteiger partial charge in [-0.05, 0) is 36.4 Å². The van der Waals surface area contributed by atoms with Crippen LogP contribution in [0.4, 0.5) is 18.9 Å². The van der Waals surface area contributed by atoms with Crippen molar-refractivity contribution in [3.8, 4) is 17.1 Å². The molecule has 1 amide bonds. The first-order valence-electron chi connectivity index (χ1n) is 9.89. The number of aromatic nitrogens is 5. The average Bonchev–Trinajstić information content (AvgIpc) is 3.27. The first-order chi connectivity index (χ1) is 16.6. The predicted octanol–water partition coefficient (Wildman–Crippen LogP) is 2.85. The zero-order valence-electron chi connectivity index (χ0n) is 17.6. The molecule has 0 radical (unpaired) electrons. The normalized spacial score (nSPS) is 11.3. The van der Waals surface area contributed by atoms with E-state index in [1.54, 1.807) is 12.1 Å². The number of anilines is 1. The van der Waals surface area contributed by atoms with Crippen molar-refractivity contribution in [2.45, 2.75) is 12.7 Å². The molecule has 0 aliphatic rings. The van der Waals surface area contributed by atoms with E-state index in [9.17, 15) is 27.6 Å². The molecule has 0 fully saturated rings. The molecule has 4 aromatic rings. The van der Waals surface area contributed by atoms with Crippen LogP contribution < -0.4 is 10.9 Å². The molecule has 10 nitrogen and oxygen atoms in total. The Bertz CT molecular complexity index is 1450. The molecule has 0 spiro atoms. The second-order valence-corrected chi connectivity index (χ2v) is 7.20. The molecule has 0 atom stereocenters. The lowest BCUT2D eigenvalue weighted by Crippen LogP contribution is -2.25. The number of carbonyl (C=O) groups excluding carboxylic acids is 1. The van der Waals surface area contributed by atoms with Crippen LogP contribution in [0.2, 0.25) is 0 Å². The lowest BCUT2D eigenvalue weighted by molar-refractivity contribution is -0.143. The van der Waals surface area contributed by atoms with E-state index in [2.05, 4.69) is 20.4 Å². The molecule has 0 aliphatic heterocycles. The summed E-state index contributed by atoms with van der Waals surface area (Å²) in [5, 5.41) is 15.4. The van der Waals surface area contributed by atoms with Gasteiger partial charge in [-0.15, -0.1) is 0 Å². The molecule has 0 aliphatic carbocycles. The van der Waals surface area contributed by atoms with Gasteiger partial charge in [0.05, 0.1) is 23.1 Å². The van der Waals surface area contributed by atoms with Crippen molar-refractivity contribution in [1.29, 1.82) is 0 Å². The van der Waals surface area contributed by atoms with Gasteiger partial charge in [0.15, 0.2) is 11.5 Å². The Morgan fingerprint density at radius 1 is 1.09 bits per heavy atom. The number of alkyl halides is 3. The van der Waals surface area contributed by atoms with Gasteiger partial charge < -0.3 is 15.0 Å². The topological polar surface area (TPSA) is 132 Å². The molecule has 4 rings (SSSR count). The summed E-state index contributed by atoms with van der Waals surface area (Å²) in [7, 11) is 0. The molecule has 0 saturated heterocycles. The summed E-state index contributed by atoms with van der Waals surface area (Å²) in [4.78, 5) is 42.9. The minimum absolute atomic E-state index is 0.00229. The van der Waals surface area contributed by atoms with Crippen molar-refractivity contribution in [2.75, 3.05) is 5.32 Å². The van der Waals surface area contributed by atoms with Crippen LogP contribution in [0.25, 0.3) is 17.1 Å². The van der Waals surface area contributed by atoms with E-state index in [4.69, 9.17) is 5.11 Å². The van der Waals surface area contributed by atoms with Crippen molar-refractivity contribution in [1.82, 2.24) is 24.3 Å². The number of carboxylic acid groups (broad SMARTS) is 1. The van der Waals surface area contributed by atoms with Gasteiger partial charge in [-0.3, -0.25) is 19.4 Å². The smallest absolute Gasteiger partial charge is 0.433 e. The number of pyridine rings is 3. The highest BCUT2D eigenvalue weighted by atomic mass is 19.4. The van der Waals surface area contributed by atoms with Crippen LogP contribution in [-0.4, -0.2) is 41.3 Å². The number of rotatable bonds is 6. The monoisotopic (exact) mass is 484 g/mol. The molecule has 13 heteroatoms. The fourth-order valence-corrected chi connectivity index (χ4v) is 3.14. The lowest BCUT2D eigenvalue weighted by atomic mass is 10.2. The molecule has 0 bridgehead atoms. The lowest BCUT2D eigenvalue weighted by Gasteiger charge is -2.10. The summed E-state index contributed by atoms with van der Waals surface area (Å²) >= 11 is 0. The number of carbonyl (C=O) groups is 2. The predicted molar refractivity (Wildman–Crippen MR) is 116 cm³/mol. The Morgan fingerprint density at radius 2 is 1.89 bits per heavy atom. The highest BCUT2D eigenvalue weighted by molar-refractivity contribution is 6.04. The van der Waals surface area contributed by atoms with Crippen LogP contribution in [0.3, 0.4) is 0 Å². The summed E-state index contributed by atoms with van der Waals surface area (Å²) in [6.45, 7) is -0.622. The molecule has 0 unspecified atom stereocenters. The standard InChI is InChI=1S/C22H15F3N6O4/c23-22(24,25)17-8-16(13-2-1-7-26-9-13)29-31(17)18-5-4-15(10-27-18)28-21(35)14-3-6-19(32)30(11-14)12-20(33)34/h1-11H,12H2,(H,28,35)(H,33,34). The Hall–Kier alpha value is -4.81. The van der Waals surface area contributed by atoms with Crippen LogP contribution in [0.15, 0.2) is 72.0 Å². The van der Waals surface area contributed by atoms with Crippen molar-refractivity contribution < 1.29 is 27.9 Å². The Labute approximate surface area is 194 Å². The number of nitrogens with zero attached hydrogens (tertiary/aromatic N) is 5. The minimum atomic E-state index is -4.71. The van der Waals surface area contributed by atoms with Crippen LogP contribution in [0.1, 0.15) is 16.1 Å². The zero-order chi connectivity index (χ0) is 25.2. The average molecular weight is 484 g/mol. The van der Waals surface area contributed by atoms with Gasteiger partial charge >= 0.3 is 12.1 Å². The molecule has 35 heavy (non-hydrogen) atoms. The Balaban J connectivity index is 1.59. The van der Waals surface area contributed by atoms with Gasteiger partial charge in [0, 0.05) is 30.2 Å². The van der Waals surface area contributed by atoms with Gasteiger partial charge in [0.25, 0.3) is 11.5 Å². The van der Waals surface area contributed by atoms with Gasteiger partial charge in [0.1, 0.15) is 6.54 Å². The Morgan fingerprint density at radius 3 is 2.51 bits per heavy atom. The van der Waals surface area contributed by atoms with E-state index in [0.29, 0.717) is 10.2 Å². The molecule has 0 aromatic carbocycles. The zero-order valence-corrected chi connectivity index (χ0v) is 17.6. The van der Waals surface area contributed by atoms with E-state index >= 15 is 0 Å². The first-order valence-corrected chi connectivity index (χ1v) is 9.89. The molecular weight excluding hydrogens is 469 g/mol. The number of hydrogen-bond donors (Lipinski definition) is 2. The maximum absolute atomic E-state index is 13.6. The number of nitrogens with one attached hydrogen (secondary N) is 1. The van der Waals surface area contributed by atoms with E-state index in [-0.39, 0.29) is 22.8 Å². The van der Waals surface area contributed by atoms with E-state index in [1.165, 1.54) is 30.6 Å². The first kappa shape index (κ1) is 23.4. The Kier molecular flexibility index (Phi) is 6.14. The number of aliphatic carboxylic acids is 1. The fourth-order valence-electron chi connectivity index (χ4n) is 3.14. The van der Waals surface area contributed by atoms with Gasteiger partial charge in [0.2, 0.25) is 0 Å². The van der Waals surface area contributed by atoms with Crippen molar-refractivity contribution in [3.63, 3.8) is 0 Å². The number of amides is 1. The van der Waals surface area contributed by atoms with Crippen LogP contribution in [0, 0.1) is 0 Å². The summed E-state index contributed by atoms with van der Waals surface area (Å²) in [6, 6.07) is 8.89. The number of halogens is 3. The minimum Gasteiger partial charge on any atom is -0.480 e. The summed E-state index contributed by atoms with van der Waals surface area (Å²) in [5.74, 6) is -2.07. The van der Waals surface area contributed by atoms with Crippen LogP contribution in [0.5, 0.6) is 0 Å². The highest BCUT2D eigenvalue weighted by Gasteiger charge is 2.36. The highest BCUT2D eigenvalue weighted by Crippen LogP contribution is 2.33. The number of carboxylic acids is 1. The van der Waals surface area contributed by atoms with Gasteiger partial charge in [-0.25, -0.2) is 9.67 Å².